The fourth-order valence-corrected chi connectivity index (χ4v) is 2.65. The molecule has 0 atom stereocenters. The molecule has 3 rings (SSSR count). The van der Waals surface area contributed by atoms with Crippen LogP contribution in [-0.4, -0.2) is 17.5 Å². The van der Waals surface area contributed by atoms with Gasteiger partial charge in [0.1, 0.15) is 10.8 Å². The van der Waals surface area contributed by atoms with E-state index in [1.165, 1.54) is 12.3 Å². The van der Waals surface area contributed by atoms with Crippen LogP contribution in [0.5, 0.6) is 17.4 Å². The third kappa shape index (κ3) is 5.50. The largest absolute Gasteiger partial charge is 0.484 e. The summed E-state index contributed by atoms with van der Waals surface area (Å²) in [6.45, 7) is -0.171. The lowest BCUT2D eigenvalue weighted by atomic mass is 10.3. The van der Waals surface area contributed by atoms with Gasteiger partial charge in [-0.2, -0.15) is 0 Å². The number of rotatable bonds is 6. The molecule has 0 saturated heterocycles. The third-order valence-electron chi connectivity index (χ3n) is 3.33. The van der Waals surface area contributed by atoms with Gasteiger partial charge in [0.15, 0.2) is 12.4 Å². The van der Waals surface area contributed by atoms with Crippen molar-refractivity contribution in [3.05, 3.63) is 75.9 Å². The van der Waals surface area contributed by atoms with E-state index < -0.39 is 0 Å². The number of hydrogen-bond donors (Lipinski definition) is 1. The van der Waals surface area contributed by atoms with Crippen molar-refractivity contribution in [2.24, 2.45) is 0 Å². The smallest absolute Gasteiger partial charge is 0.262 e. The Hall–Kier alpha value is -2.47. The van der Waals surface area contributed by atoms with Gasteiger partial charge in [-0.1, -0.05) is 46.9 Å². The standard InChI is InChI=1S/C19H13Cl3N2O3/c20-12-5-7-14(8-6-12)26-11-18(25)24-16-3-1-2-4-17(16)27-19-15(22)9-13(21)10-23-19/h1-10H,11H2,(H,24,25). The molecule has 0 radical (unpaired) electrons. The molecule has 8 heteroatoms. The average Bonchev–Trinajstić information content (AvgIpc) is 2.65. The summed E-state index contributed by atoms with van der Waals surface area (Å²) >= 11 is 17.7. The highest BCUT2D eigenvalue weighted by molar-refractivity contribution is 6.35. The number of carbonyl (C=O) groups is 1. The van der Waals surface area contributed by atoms with Crippen LogP contribution in [0.2, 0.25) is 15.1 Å². The molecule has 0 aliphatic rings. The van der Waals surface area contributed by atoms with Crippen molar-refractivity contribution >= 4 is 46.4 Å². The van der Waals surface area contributed by atoms with Crippen LogP contribution in [0.25, 0.3) is 0 Å². The Morgan fingerprint density at radius 3 is 2.48 bits per heavy atom. The van der Waals surface area contributed by atoms with Crippen LogP contribution in [0.3, 0.4) is 0 Å². The molecule has 0 bridgehead atoms. The van der Waals surface area contributed by atoms with E-state index in [0.29, 0.717) is 27.2 Å². The van der Waals surface area contributed by atoms with E-state index in [0.717, 1.165) is 0 Å². The summed E-state index contributed by atoms with van der Waals surface area (Å²) < 4.78 is 11.1. The number of hydrogen-bond acceptors (Lipinski definition) is 4. The molecule has 0 unspecified atom stereocenters. The lowest BCUT2D eigenvalue weighted by Gasteiger charge is -2.13. The molecular weight excluding hydrogens is 411 g/mol. The first-order chi connectivity index (χ1) is 13.0. The van der Waals surface area contributed by atoms with Crippen LogP contribution in [-0.2, 0) is 4.79 Å². The number of pyridine rings is 1. The summed E-state index contributed by atoms with van der Waals surface area (Å²) in [6, 6.07) is 15.1. The second kappa shape index (κ2) is 8.95. The van der Waals surface area contributed by atoms with Crippen molar-refractivity contribution in [1.29, 1.82) is 0 Å². The van der Waals surface area contributed by atoms with Gasteiger partial charge in [-0.05, 0) is 42.5 Å². The van der Waals surface area contributed by atoms with E-state index in [1.807, 2.05) is 0 Å². The summed E-state index contributed by atoms with van der Waals surface area (Å²) in [6.07, 6.45) is 1.42. The summed E-state index contributed by atoms with van der Waals surface area (Å²) in [5, 5.41) is 3.98. The first-order valence-corrected chi connectivity index (χ1v) is 8.91. The normalized spacial score (nSPS) is 10.3. The molecule has 1 amide bonds. The molecule has 2 aromatic carbocycles. The number of halogens is 3. The van der Waals surface area contributed by atoms with Crippen molar-refractivity contribution in [2.75, 3.05) is 11.9 Å². The summed E-state index contributed by atoms with van der Waals surface area (Å²) in [5.74, 6) is 0.752. The molecule has 1 N–H and O–H groups in total. The zero-order chi connectivity index (χ0) is 19.2. The number of nitrogens with zero attached hydrogens (tertiary/aromatic N) is 1. The molecule has 0 fully saturated rings. The van der Waals surface area contributed by atoms with Crippen LogP contribution in [0.1, 0.15) is 0 Å². The number of amides is 1. The van der Waals surface area contributed by atoms with Gasteiger partial charge in [-0.25, -0.2) is 4.98 Å². The lowest BCUT2D eigenvalue weighted by Crippen LogP contribution is -2.20. The fraction of sp³-hybridized carbons (Fsp3) is 0.0526. The van der Waals surface area contributed by atoms with Gasteiger partial charge in [0.05, 0.1) is 10.7 Å². The highest BCUT2D eigenvalue weighted by atomic mass is 35.5. The quantitative estimate of drug-likeness (QED) is 0.540. The Balaban J connectivity index is 1.66. The molecule has 0 saturated carbocycles. The maximum atomic E-state index is 12.2. The Kier molecular flexibility index (Phi) is 6.40. The number of para-hydroxylation sites is 2. The Labute approximate surface area is 170 Å². The molecule has 1 aromatic heterocycles. The number of anilines is 1. The first kappa shape index (κ1) is 19.3. The van der Waals surface area contributed by atoms with E-state index >= 15 is 0 Å². The number of nitrogens with one attached hydrogen (secondary N) is 1. The number of benzene rings is 2. The van der Waals surface area contributed by atoms with Gasteiger partial charge in [-0.15, -0.1) is 0 Å². The summed E-state index contributed by atoms with van der Waals surface area (Å²) in [4.78, 5) is 16.2. The van der Waals surface area contributed by atoms with Crippen molar-refractivity contribution < 1.29 is 14.3 Å². The molecule has 27 heavy (non-hydrogen) atoms. The maximum absolute atomic E-state index is 12.2. The minimum atomic E-state index is -0.351. The number of ether oxygens (including phenoxy) is 2. The van der Waals surface area contributed by atoms with Crippen molar-refractivity contribution in [3.8, 4) is 17.4 Å². The van der Waals surface area contributed by atoms with E-state index in [9.17, 15) is 4.79 Å². The molecule has 0 aliphatic carbocycles. The van der Waals surface area contributed by atoms with Gasteiger partial charge < -0.3 is 14.8 Å². The van der Waals surface area contributed by atoms with Gasteiger partial charge in [0, 0.05) is 11.2 Å². The van der Waals surface area contributed by atoms with Gasteiger partial charge in [0.2, 0.25) is 5.88 Å². The maximum Gasteiger partial charge on any atom is 0.262 e. The number of carbonyl (C=O) groups excluding carboxylic acids is 1. The van der Waals surface area contributed by atoms with Crippen LogP contribution >= 0.6 is 34.8 Å². The van der Waals surface area contributed by atoms with Crippen LogP contribution in [0.4, 0.5) is 5.69 Å². The predicted molar refractivity (Wildman–Crippen MR) is 106 cm³/mol. The minimum Gasteiger partial charge on any atom is -0.484 e. The number of aromatic nitrogens is 1. The Morgan fingerprint density at radius 2 is 1.74 bits per heavy atom. The zero-order valence-electron chi connectivity index (χ0n) is 13.8. The summed E-state index contributed by atoms with van der Waals surface area (Å²) in [7, 11) is 0. The third-order valence-corrected chi connectivity index (χ3v) is 4.05. The van der Waals surface area contributed by atoms with Gasteiger partial charge in [-0.3, -0.25) is 4.79 Å². The van der Waals surface area contributed by atoms with Crippen LogP contribution in [0, 0.1) is 0 Å². The van der Waals surface area contributed by atoms with Gasteiger partial charge in [0.25, 0.3) is 5.91 Å². The molecular formula is C19H13Cl3N2O3. The summed E-state index contributed by atoms with van der Waals surface area (Å²) in [5.41, 5.74) is 0.454. The second-order valence-electron chi connectivity index (χ2n) is 5.33. The van der Waals surface area contributed by atoms with E-state index in [1.54, 1.807) is 48.5 Å². The average molecular weight is 424 g/mol. The monoisotopic (exact) mass is 422 g/mol. The molecule has 0 spiro atoms. The molecule has 138 valence electrons. The topological polar surface area (TPSA) is 60.5 Å². The fourth-order valence-electron chi connectivity index (χ4n) is 2.11. The minimum absolute atomic E-state index is 0.171. The zero-order valence-corrected chi connectivity index (χ0v) is 16.1. The SMILES string of the molecule is O=C(COc1ccc(Cl)cc1)Nc1ccccc1Oc1ncc(Cl)cc1Cl. The molecule has 3 aromatic rings. The van der Waals surface area contributed by atoms with Crippen molar-refractivity contribution in [1.82, 2.24) is 4.98 Å². The Morgan fingerprint density at radius 1 is 1.00 bits per heavy atom. The highest BCUT2D eigenvalue weighted by Gasteiger charge is 2.12. The van der Waals surface area contributed by atoms with Crippen molar-refractivity contribution in [2.45, 2.75) is 0 Å². The van der Waals surface area contributed by atoms with Crippen LogP contribution in [0.15, 0.2) is 60.8 Å². The predicted octanol–water partition coefficient (Wildman–Crippen LogP) is 5.85. The molecule has 0 aliphatic heterocycles. The van der Waals surface area contributed by atoms with E-state index in [-0.39, 0.29) is 23.4 Å². The van der Waals surface area contributed by atoms with E-state index in [4.69, 9.17) is 44.3 Å². The second-order valence-corrected chi connectivity index (χ2v) is 6.61. The highest BCUT2D eigenvalue weighted by Crippen LogP contribution is 2.33. The first-order valence-electron chi connectivity index (χ1n) is 7.77. The molecule has 1 heterocycles. The van der Waals surface area contributed by atoms with Crippen molar-refractivity contribution in [3.63, 3.8) is 0 Å². The Bertz CT molecular complexity index is 949. The lowest BCUT2D eigenvalue weighted by molar-refractivity contribution is -0.118. The molecule has 5 nitrogen and oxygen atoms in total. The van der Waals surface area contributed by atoms with Gasteiger partial charge >= 0.3 is 0 Å². The van der Waals surface area contributed by atoms with E-state index in [2.05, 4.69) is 10.3 Å². The van der Waals surface area contributed by atoms with Crippen LogP contribution < -0.4 is 14.8 Å².